The summed E-state index contributed by atoms with van der Waals surface area (Å²) in [5.41, 5.74) is -0.104. The Hall–Kier alpha value is -1.84. The van der Waals surface area contributed by atoms with E-state index in [-0.39, 0.29) is 17.7 Å². The van der Waals surface area contributed by atoms with E-state index in [1.165, 1.54) is 12.1 Å². The lowest BCUT2D eigenvalue weighted by Gasteiger charge is -2.09. The average molecular weight is 221 g/mol. The van der Waals surface area contributed by atoms with Gasteiger partial charge in [-0.25, -0.2) is 0 Å². The molecule has 0 unspecified atom stereocenters. The molecule has 86 valence electrons. The topological polar surface area (TPSA) is 66.4 Å². The Kier molecular flexibility index (Phi) is 4.51. The first kappa shape index (κ1) is 12.2. The molecule has 0 heterocycles. The van der Waals surface area contributed by atoms with E-state index in [0.29, 0.717) is 0 Å². The summed E-state index contributed by atoms with van der Waals surface area (Å²) in [6.07, 6.45) is 1.90. The van der Waals surface area contributed by atoms with Crippen LogP contribution in [0.1, 0.15) is 36.5 Å². The predicted molar refractivity (Wildman–Crippen MR) is 55.9 cm³/mol. The first-order valence-corrected chi connectivity index (χ1v) is 5.16. The van der Waals surface area contributed by atoms with Crippen molar-refractivity contribution in [3.63, 3.8) is 0 Å². The zero-order valence-corrected chi connectivity index (χ0v) is 9.06. The van der Waals surface area contributed by atoms with Gasteiger partial charge in [0.15, 0.2) is 0 Å². The van der Waals surface area contributed by atoms with Gasteiger partial charge in [0.25, 0.3) is 0 Å². The second-order valence-corrected chi connectivity index (χ2v) is 3.36. The highest BCUT2D eigenvalue weighted by Gasteiger charge is 2.08. The standard InChI is InChI=1S/C12H14O4/c1-2-3-8-11(13)16-10-7-5-4-6-9(10)12(14)15/h4-7H,2-3,8H2,1H3,(H,14,15)/p-1. The quantitative estimate of drug-likeness (QED) is 0.552. The van der Waals surface area contributed by atoms with Crippen LogP contribution in [0.5, 0.6) is 5.75 Å². The van der Waals surface area contributed by atoms with Crippen LogP contribution in [0.4, 0.5) is 0 Å². The van der Waals surface area contributed by atoms with Gasteiger partial charge < -0.3 is 14.6 Å². The van der Waals surface area contributed by atoms with Crippen molar-refractivity contribution in [3.05, 3.63) is 29.8 Å². The number of rotatable bonds is 5. The third-order valence-electron chi connectivity index (χ3n) is 2.07. The average Bonchev–Trinajstić information content (AvgIpc) is 2.27. The molecule has 0 amide bonds. The Bertz CT molecular complexity index is 384. The van der Waals surface area contributed by atoms with E-state index in [9.17, 15) is 14.7 Å². The number of esters is 1. The SMILES string of the molecule is CCCCC(=O)Oc1ccccc1C(=O)[O-]. The number of hydrogen-bond donors (Lipinski definition) is 0. The minimum absolute atomic E-state index is 0.0450. The maximum Gasteiger partial charge on any atom is 0.311 e. The van der Waals surface area contributed by atoms with Crippen molar-refractivity contribution in [2.75, 3.05) is 0 Å². The van der Waals surface area contributed by atoms with Crippen LogP contribution in [0, 0.1) is 0 Å². The summed E-state index contributed by atoms with van der Waals surface area (Å²) in [4.78, 5) is 22.0. The molecule has 1 aromatic carbocycles. The van der Waals surface area contributed by atoms with Gasteiger partial charge in [-0.1, -0.05) is 25.5 Å². The lowest BCUT2D eigenvalue weighted by molar-refractivity contribution is -0.255. The number of carboxylic acids is 1. The van der Waals surface area contributed by atoms with Crippen LogP contribution in [0.3, 0.4) is 0 Å². The van der Waals surface area contributed by atoms with Gasteiger partial charge >= 0.3 is 5.97 Å². The number of para-hydroxylation sites is 1. The Morgan fingerprint density at radius 2 is 2.00 bits per heavy atom. The van der Waals surface area contributed by atoms with Gasteiger partial charge in [0, 0.05) is 12.0 Å². The van der Waals surface area contributed by atoms with Gasteiger partial charge in [-0.15, -0.1) is 0 Å². The van der Waals surface area contributed by atoms with E-state index in [0.717, 1.165) is 12.8 Å². The molecular weight excluding hydrogens is 208 g/mol. The number of carbonyl (C=O) groups is 2. The van der Waals surface area contributed by atoms with Gasteiger partial charge in [0.1, 0.15) is 5.75 Å². The van der Waals surface area contributed by atoms with Crippen LogP contribution >= 0.6 is 0 Å². The summed E-state index contributed by atoms with van der Waals surface area (Å²) < 4.78 is 4.95. The molecule has 4 heteroatoms. The molecule has 0 aliphatic carbocycles. The molecule has 0 saturated heterocycles. The fraction of sp³-hybridized carbons (Fsp3) is 0.333. The van der Waals surface area contributed by atoms with Crippen LogP contribution < -0.4 is 9.84 Å². The predicted octanol–water partition coefficient (Wildman–Crippen LogP) is 1.15. The third kappa shape index (κ3) is 3.38. The molecule has 0 aliphatic heterocycles. The van der Waals surface area contributed by atoms with Gasteiger partial charge in [-0.3, -0.25) is 4.79 Å². The Labute approximate surface area is 93.9 Å². The first-order valence-electron chi connectivity index (χ1n) is 5.16. The van der Waals surface area contributed by atoms with Crippen LogP contribution in [0.25, 0.3) is 0 Å². The van der Waals surface area contributed by atoms with Gasteiger partial charge in [-0.2, -0.15) is 0 Å². The van der Waals surface area contributed by atoms with Crippen molar-refractivity contribution in [3.8, 4) is 5.75 Å². The summed E-state index contributed by atoms with van der Waals surface area (Å²) in [5.74, 6) is -1.72. The molecule has 0 spiro atoms. The molecule has 4 nitrogen and oxygen atoms in total. The monoisotopic (exact) mass is 221 g/mol. The van der Waals surface area contributed by atoms with Crippen LogP contribution in [0.15, 0.2) is 24.3 Å². The lowest BCUT2D eigenvalue weighted by atomic mass is 10.2. The molecule has 0 atom stereocenters. The van der Waals surface area contributed by atoms with E-state index in [4.69, 9.17) is 4.74 Å². The summed E-state index contributed by atoms with van der Waals surface area (Å²) in [7, 11) is 0. The first-order chi connectivity index (χ1) is 7.65. The summed E-state index contributed by atoms with van der Waals surface area (Å²) in [5, 5.41) is 10.7. The molecule has 1 aromatic rings. The number of benzene rings is 1. The highest BCUT2D eigenvalue weighted by Crippen LogP contribution is 2.17. The number of unbranched alkanes of at least 4 members (excludes halogenated alkanes) is 1. The molecular formula is C12H13O4-. The fourth-order valence-corrected chi connectivity index (χ4v) is 1.22. The minimum Gasteiger partial charge on any atom is -0.545 e. The van der Waals surface area contributed by atoms with Crippen molar-refractivity contribution in [2.45, 2.75) is 26.2 Å². The number of ether oxygens (including phenoxy) is 1. The second kappa shape index (κ2) is 5.90. The Morgan fingerprint density at radius 3 is 2.62 bits per heavy atom. The van der Waals surface area contributed by atoms with Gasteiger partial charge in [0.05, 0.1) is 5.97 Å². The molecule has 0 N–H and O–H groups in total. The van der Waals surface area contributed by atoms with Crippen molar-refractivity contribution >= 4 is 11.9 Å². The van der Waals surface area contributed by atoms with E-state index in [2.05, 4.69) is 0 Å². The third-order valence-corrected chi connectivity index (χ3v) is 2.07. The van der Waals surface area contributed by atoms with Crippen molar-refractivity contribution < 1.29 is 19.4 Å². The van der Waals surface area contributed by atoms with Crippen LogP contribution in [0.2, 0.25) is 0 Å². The molecule has 0 radical (unpaired) electrons. The largest absolute Gasteiger partial charge is 0.545 e. The van der Waals surface area contributed by atoms with Crippen molar-refractivity contribution in [1.29, 1.82) is 0 Å². The smallest absolute Gasteiger partial charge is 0.311 e. The Balaban J connectivity index is 2.73. The van der Waals surface area contributed by atoms with Gasteiger partial charge in [-0.05, 0) is 18.6 Å². The maximum atomic E-state index is 11.3. The molecule has 16 heavy (non-hydrogen) atoms. The van der Waals surface area contributed by atoms with Gasteiger partial charge in [0.2, 0.25) is 0 Å². The summed E-state index contributed by atoms with van der Waals surface area (Å²) in [6, 6.07) is 5.94. The maximum absolute atomic E-state index is 11.3. The van der Waals surface area contributed by atoms with Crippen LogP contribution in [-0.2, 0) is 4.79 Å². The number of carboxylic acid groups (broad SMARTS) is 1. The molecule has 0 bridgehead atoms. The number of carbonyl (C=O) groups excluding carboxylic acids is 2. The second-order valence-electron chi connectivity index (χ2n) is 3.36. The molecule has 0 aliphatic rings. The number of aromatic carboxylic acids is 1. The van der Waals surface area contributed by atoms with Crippen molar-refractivity contribution in [1.82, 2.24) is 0 Å². The highest BCUT2D eigenvalue weighted by molar-refractivity contribution is 5.90. The van der Waals surface area contributed by atoms with E-state index in [1.54, 1.807) is 12.1 Å². The van der Waals surface area contributed by atoms with E-state index in [1.807, 2.05) is 6.92 Å². The molecule has 1 rings (SSSR count). The summed E-state index contributed by atoms with van der Waals surface area (Å²) in [6.45, 7) is 1.96. The lowest BCUT2D eigenvalue weighted by Crippen LogP contribution is -2.23. The van der Waals surface area contributed by atoms with Crippen molar-refractivity contribution in [2.24, 2.45) is 0 Å². The van der Waals surface area contributed by atoms with E-state index >= 15 is 0 Å². The van der Waals surface area contributed by atoms with E-state index < -0.39 is 11.9 Å². The number of hydrogen-bond acceptors (Lipinski definition) is 4. The fourth-order valence-electron chi connectivity index (χ4n) is 1.22. The highest BCUT2D eigenvalue weighted by atomic mass is 16.5. The zero-order chi connectivity index (χ0) is 12.0. The van der Waals surface area contributed by atoms with Crippen LogP contribution in [-0.4, -0.2) is 11.9 Å². The molecule has 0 saturated carbocycles. The normalized spacial score (nSPS) is 9.81. The molecule has 0 fully saturated rings. The zero-order valence-electron chi connectivity index (χ0n) is 9.06. The minimum atomic E-state index is -1.35. The molecule has 0 aromatic heterocycles. The Morgan fingerprint density at radius 1 is 1.31 bits per heavy atom. The summed E-state index contributed by atoms with van der Waals surface area (Å²) >= 11 is 0.